The molecule has 0 bridgehead atoms. The summed E-state index contributed by atoms with van der Waals surface area (Å²) in [5.41, 5.74) is 0.768. The van der Waals surface area contributed by atoms with Crippen LogP contribution in [0.2, 0.25) is 0 Å². The van der Waals surface area contributed by atoms with Gasteiger partial charge in [-0.15, -0.1) is 0 Å². The molecule has 1 aromatic heterocycles. The Kier molecular flexibility index (Phi) is 7.37. The van der Waals surface area contributed by atoms with Crippen LogP contribution in [0.5, 0.6) is 23.0 Å². The summed E-state index contributed by atoms with van der Waals surface area (Å²) < 4.78 is 31.2. The van der Waals surface area contributed by atoms with Crippen molar-refractivity contribution in [2.24, 2.45) is 0 Å². The monoisotopic (exact) mass is 475 g/mol. The third-order valence-electron chi connectivity index (χ3n) is 4.92. The highest BCUT2D eigenvalue weighted by molar-refractivity contribution is 6.39. The fraction of sp³-hybridized carbons (Fsp3) is 0.115. The molecule has 4 aromatic rings. The van der Waals surface area contributed by atoms with Crippen LogP contribution in [0.4, 0.5) is 10.1 Å². The van der Waals surface area contributed by atoms with Crippen LogP contribution in [0.1, 0.15) is 0 Å². The molecule has 9 heteroatoms. The van der Waals surface area contributed by atoms with E-state index in [0.717, 1.165) is 6.07 Å². The molecule has 0 saturated carbocycles. The van der Waals surface area contributed by atoms with Crippen molar-refractivity contribution in [3.63, 3.8) is 0 Å². The molecular formula is C26H22FN3O5. The van der Waals surface area contributed by atoms with Gasteiger partial charge in [-0.25, -0.2) is 4.39 Å². The van der Waals surface area contributed by atoms with E-state index in [9.17, 15) is 14.0 Å². The molecule has 1 heterocycles. The molecule has 2 N–H and O–H groups in total. The number of benzene rings is 3. The number of ether oxygens (including phenoxy) is 3. The number of anilines is 1. The minimum Gasteiger partial charge on any atom is -0.497 e. The Hall–Kier alpha value is -4.66. The summed E-state index contributed by atoms with van der Waals surface area (Å²) in [5.74, 6) is -0.902. The molecule has 0 unspecified atom stereocenters. The SMILES string of the molecule is COc1ccc2nccc(Oc3ccc(NC(=O)C(=O)NCCOc4ccccc4)cc3F)c2c1. The normalized spacial score (nSPS) is 10.5. The number of fused-ring (bicyclic) bond motifs is 1. The zero-order valence-corrected chi connectivity index (χ0v) is 18.8. The van der Waals surface area contributed by atoms with Crippen molar-refractivity contribution in [3.05, 3.63) is 84.8 Å². The first-order valence-corrected chi connectivity index (χ1v) is 10.7. The van der Waals surface area contributed by atoms with E-state index in [0.29, 0.717) is 28.2 Å². The van der Waals surface area contributed by atoms with Gasteiger partial charge < -0.3 is 24.8 Å². The highest BCUT2D eigenvalue weighted by Crippen LogP contribution is 2.33. The number of amides is 2. The molecule has 0 fully saturated rings. The van der Waals surface area contributed by atoms with Gasteiger partial charge in [-0.2, -0.15) is 0 Å². The number of pyridine rings is 1. The van der Waals surface area contributed by atoms with Gasteiger partial charge in [-0.05, 0) is 48.5 Å². The summed E-state index contributed by atoms with van der Waals surface area (Å²) in [6.07, 6.45) is 1.56. The van der Waals surface area contributed by atoms with E-state index in [2.05, 4.69) is 15.6 Å². The Morgan fingerprint density at radius 3 is 2.51 bits per heavy atom. The highest BCUT2D eigenvalue weighted by Gasteiger charge is 2.15. The van der Waals surface area contributed by atoms with Crippen molar-refractivity contribution in [3.8, 4) is 23.0 Å². The second-order valence-electron chi connectivity index (χ2n) is 7.31. The predicted molar refractivity (Wildman–Crippen MR) is 128 cm³/mol. The Labute approximate surface area is 200 Å². The fourth-order valence-electron chi connectivity index (χ4n) is 3.21. The lowest BCUT2D eigenvalue weighted by Crippen LogP contribution is -2.37. The zero-order valence-electron chi connectivity index (χ0n) is 18.8. The van der Waals surface area contributed by atoms with E-state index < -0.39 is 17.6 Å². The Morgan fingerprint density at radius 2 is 1.74 bits per heavy atom. The van der Waals surface area contributed by atoms with Crippen LogP contribution in [0.3, 0.4) is 0 Å². The molecule has 35 heavy (non-hydrogen) atoms. The van der Waals surface area contributed by atoms with Crippen LogP contribution in [-0.4, -0.2) is 37.1 Å². The Bertz CT molecular complexity index is 1350. The number of carbonyl (C=O) groups excluding carboxylic acids is 2. The second kappa shape index (κ2) is 11.0. The van der Waals surface area contributed by atoms with Gasteiger partial charge in [0.15, 0.2) is 11.6 Å². The van der Waals surface area contributed by atoms with Crippen molar-refractivity contribution in [2.45, 2.75) is 0 Å². The molecule has 0 spiro atoms. The van der Waals surface area contributed by atoms with E-state index in [1.807, 2.05) is 18.2 Å². The fourth-order valence-corrected chi connectivity index (χ4v) is 3.21. The quantitative estimate of drug-likeness (QED) is 0.291. The van der Waals surface area contributed by atoms with E-state index in [-0.39, 0.29) is 24.6 Å². The maximum Gasteiger partial charge on any atom is 0.313 e. The molecule has 3 aromatic carbocycles. The van der Waals surface area contributed by atoms with Gasteiger partial charge in [-0.3, -0.25) is 14.6 Å². The Morgan fingerprint density at radius 1 is 0.914 bits per heavy atom. The van der Waals surface area contributed by atoms with Crippen molar-refractivity contribution < 1.29 is 28.2 Å². The first-order valence-electron chi connectivity index (χ1n) is 10.7. The van der Waals surface area contributed by atoms with Gasteiger partial charge in [0.05, 0.1) is 19.2 Å². The van der Waals surface area contributed by atoms with E-state index in [1.54, 1.807) is 49.7 Å². The van der Waals surface area contributed by atoms with Gasteiger partial charge in [0.1, 0.15) is 23.9 Å². The summed E-state index contributed by atoms with van der Waals surface area (Å²) in [5, 5.41) is 5.46. The maximum absolute atomic E-state index is 14.7. The first kappa shape index (κ1) is 23.5. The third-order valence-corrected chi connectivity index (χ3v) is 4.92. The Balaban J connectivity index is 1.34. The van der Waals surface area contributed by atoms with Crippen LogP contribution < -0.4 is 24.8 Å². The summed E-state index contributed by atoms with van der Waals surface area (Å²) in [6, 6.07) is 19.8. The van der Waals surface area contributed by atoms with Gasteiger partial charge in [-0.1, -0.05) is 18.2 Å². The predicted octanol–water partition coefficient (Wildman–Crippen LogP) is 4.31. The van der Waals surface area contributed by atoms with Crippen LogP contribution in [0.25, 0.3) is 10.9 Å². The number of carbonyl (C=O) groups is 2. The minimum absolute atomic E-state index is 0.0548. The molecule has 8 nitrogen and oxygen atoms in total. The largest absolute Gasteiger partial charge is 0.497 e. The van der Waals surface area contributed by atoms with E-state index in [4.69, 9.17) is 14.2 Å². The van der Waals surface area contributed by atoms with E-state index in [1.165, 1.54) is 12.1 Å². The second-order valence-corrected chi connectivity index (χ2v) is 7.31. The molecule has 4 rings (SSSR count). The maximum atomic E-state index is 14.7. The smallest absolute Gasteiger partial charge is 0.313 e. The molecule has 0 atom stereocenters. The molecule has 0 radical (unpaired) electrons. The summed E-state index contributed by atoms with van der Waals surface area (Å²) in [7, 11) is 1.55. The summed E-state index contributed by atoms with van der Waals surface area (Å²) in [6.45, 7) is 0.326. The highest BCUT2D eigenvalue weighted by atomic mass is 19.1. The summed E-state index contributed by atoms with van der Waals surface area (Å²) >= 11 is 0. The molecule has 2 amide bonds. The number of nitrogens with one attached hydrogen (secondary N) is 2. The first-order chi connectivity index (χ1) is 17.0. The number of hydrogen-bond acceptors (Lipinski definition) is 6. The molecular weight excluding hydrogens is 453 g/mol. The average Bonchev–Trinajstić information content (AvgIpc) is 2.88. The van der Waals surface area contributed by atoms with Crippen LogP contribution >= 0.6 is 0 Å². The van der Waals surface area contributed by atoms with Crippen LogP contribution in [0, 0.1) is 5.82 Å². The van der Waals surface area contributed by atoms with Gasteiger partial charge in [0.25, 0.3) is 0 Å². The minimum atomic E-state index is -0.926. The van der Waals surface area contributed by atoms with Crippen molar-refractivity contribution in [1.29, 1.82) is 0 Å². The van der Waals surface area contributed by atoms with Gasteiger partial charge in [0, 0.05) is 23.3 Å². The average molecular weight is 475 g/mol. The zero-order chi connectivity index (χ0) is 24.6. The number of methoxy groups -OCH3 is 1. The molecule has 0 aliphatic heterocycles. The lowest BCUT2D eigenvalue weighted by molar-refractivity contribution is -0.136. The number of rotatable bonds is 8. The van der Waals surface area contributed by atoms with Crippen LogP contribution in [-0.2, 0) is 9.59 Å². The van der Waals surface area contributed by atoms with Crippen molar-refractivity contribution >= 4 is 28.4 Å². The third kappa shape index (κ3) is 6.02. The number of halogens is 1. The van der Waals surface area contributed by atoms with Crippen LogP contribution in [0.15, 0.2) is 79.0 Å². The molecule has 0 saturated heterocycles. The number of hydrogen-bond donors (Lipinski definition) is 2. The van der Waals surface area contributed by atoms with E-state index >= 15 is 0 Å². The standard InChI is InChI=1S/C26H22FN3O5/c1-33-19-8-9-22-20(16-19)23(11-12-28-22)35-24-10-7-17(15-21(24)27)30-26(32)25(31)29-13-14-34-18-5-3-2-4-6-18/h2-12,15-16H,13-14H2,1H3,(H,29,31)(H,30,32). The van der Waals surface area contributed by atoms with Crippen molar-refractivity contribution in [1.82, 2.24) is 10.3 Å². The lowest BCUT2D eigenvalue weighted by Gasteiger charge is -2.12. The van der Waals surface area contributed by atoms with Gasteiger partial charge in [0.2, 0.25) is 0 Å². The number of nitrogens with zero attached hydrogens (tertiary/aromatic N) is 1. The van der Waals surface area contributed by atoms with Crippen molar-refractivity contribution in [2.75, 3.05) is 25.6 Å². The lowest BCUT2D eigenvalue weighted by atomic mass is 10.2. The molecule has 0 aliphatic carbocycles. The molecule has 178 valence electrons. The van der Waals surface area contributed by atoms with Gasteiger partial charge >= 0.3 is 11.8 Å². The number of aromatic nitrogens is 1. The molecule has 0 aliphatic rings. The summed E-state index contributed by atoms with van der Waals surface area (Å²) in [4.78, 5) is 28.4. The topological polar surface area (TPSA) is 98.8 Å². The number of para-hydroxylation sites is 1.